The van der Waals surface area contributed by atoms with Crippen molar-refractivity contribution < 1.29 is 4.74 Å². The summed E-state index contributed by atoms with van der Waals surface area (Å²) in [6, 6.07) is 2.04. The van der Waals surface area contributed by atoms with Crippen LogP contribution in [0.5, 0.6) is 5.88 Å². The molecule has 1 saturated carbocycles. The van der Waals surface area contributed by atoms with E-state index in [4.69, 9.17) is 4.74 Å². The third-order valence-electron chi connectivity index (χ3n) is 3.61. The predicted octanol–water partition coefficient (Wildman–Crippen LogP) is 3.69. The van der Waals surface area contributed by atoms with E-state index in [0.717, 1.165) is 41.6 Å². The number of thiophene rings is 1. The summed E-state index contributed by atoms with van der Waals surface area (Å²) in [4.78, 5) is 9.93. The summed E-state index contributed by atoms with van der Waals surface area (Å²) in [7, 11) is 0. The van der Waals surface area contributed by atoms with Crippen LogP contribution in [0, 0.1) is 5.92 Å². The van der Waals surface area contributed by atoms with Gasteiger partial charge in [-0.05, 0) is 30.7 Å². The van der Waals surface area contributed by atoms with E-state index in [9.17, 15) is 0 Å². The quantitative estimate of drug-likeness (QED) is 0.874. The first kappa shape index (κ1) is 12.7. The second-order valence-electron chi connectivity index (χ2n) is 4.96. The summed E-state index contributed by atoms with van der Waals surface area (Å²) in [5, 5.41) is 6.22. The Hall–Kier alpha value is -1.36. The van der Waals surface area contributed by atoms with Crippen molar-refractivity contribution in [2.75, 3.05) is 18.5 Å². The summed E-state index contributed by atoms with van der Waals surface area (Å²) in [5.41, 5.74) is 0. The predicted molar refractivity (Wildman–Crippen MR) is 79.0 cm³/mol. The number of nitrogens with one attached hydrogen (secondary N) is 1. The maximum atomic E-state index is 5.89. The van der Waals surface area contributed by atoms with Gasteiger partial charge < -0.3 is 10.1 Å². The van der Waals surface area contributed by atoms with Crippen molar-refractivity contribution >= 4 is 27.5 Å². The zero-order valence-corrected chi connectivity index (χ0v) is 12.0. The van der Waals surface area contributed by atoms with Crippen molar-refractivity contribution in [1.29, 1.82) is 0 Å². The van der Waals surface area contributed by atoms with Gasteiger partial charge in [-0.3, -0.25) is 0 Å². The number of rotatable bonds is 6. The molecule has 2 aromatic heterocycles. The van der Waals surface area contributed by atoms with Crippen molar-refractivity contribution in [2.24, 2.45) is 5.92 Å². The second-order valence-corrected chi connectivity index (χ2v) is 5.85. The van der Waals surface area contributed by atoms with Gasteiger partial charge in [-0.25, -0.2) is 4.98 Å². The van der Waals surface area contributed by atoms with Gasteiger partial charge in [0, 0.05) is 6.54 Å². The Morgan fingerprint density at radius 3 is 3.05 bits per heavy atom. The minimum Gasteiger partial charge on any atom is -0.477 e. The standard InChI is InChI=1S/C14H19N3OS/c1-2-15-14-16-12(11-7-9-19-13(11)17-14)18-8-6-10-4-3-5-10/h7,9-10H,2-6,8H2,1H3,(H,15,16,17). The van der Waals surface area contributed by atoms with E-state index in [0.29, 0.717) is 5.95 Å². The van der Waals surface area contributed by atoms with Crippen LogP contribution in [0.1, 0.15) is 32.6 Å². The van der Waals surface area contributed by atoms with Crippen LogP contribution in [-0.4, -0.2) is 23.1 Å². The monoisotopic (exact) mass is 277 g/mol. The maximum Gasteiger partial charge on any atom is 0.227 e. The lowest BCUT2D eigenvalue weighted by molar-refractivity contribution is 0.219. The van der Waals surface area contributed by atoms with Crippen LogP contribution in [0.3, 0.4) is 0 Å². The molecule has 1 N–H and O–H groups in total. The van der Waals surface area contributed by atoms with Crippen LogP contribution in [0.4, 0.5) is 5.95 Å². The van der Waals surface area contributed by atoms with Gasteiger partial charge in [0.05, 0.1) is 12.0 Å². The molecule has 19 heavy (non-hydrogen) atoms. The van der Waals surface area contributed by atoms with Gasteiger partial charge in [0.1, 0.15) is 4.83 Å². The van der Waals surface area contributed by atoms with E-state index in [1.165, 1.54) is 19.3 Å². The van der Waals surface area contributed by atoms with Gasteiger partial charge in [0.2, 0.25) is 11.8 Å². The molecule has 0 spiro atoms. The normalized spacial score (nSPS) is 15.4. The van der Waals surface area contributed by atoms with E-state index in [2.05, 4.69) is 15.3 Å². The van der Waals surface area contributed by atoms with Gasteiger partial charge in [0.15, 0.2) is 0 Å². The van der Waals surface area contributed by atoms with E-state index in [1.54, 1.807) is 11.3 Å². The lowest BCUT2D eigenvalue weighted by Gasteiger charge is -2.24. The Labute approximate surface area is 117 Å². The second kappa shape index (κ2) is 5.74. The Morgan fingerprint density at radius 2 is 2.32 bits per heavy atom. The molecule has 0 saturated heterocycles. The number of aromatic nitrogens is 2. The number of fused-ring (bicyclic) bond motifs is 1. The molecule has 4 nitrogen and oxygen atoms in total. The fourth-order valence-electron chi connectivity index (χ4n) is 2.28. The molecule has 2 heterocycles. The van der Waals surface area contributed by atoms with Gasteiger partial charge >= 0.3 is 0 Å². The first-order chi connectivity index (χ1) is 9.36. The smallest absolute Gasteiger partial charge is 0.227 e. The molecule has 0 amide bonds. The molecule has 0 atom stereocenters. The lowest BCUT2D eigenvalue weighted by atomic mass is 9.83. The van der Waals surface area contributed by atoms with Gasteiger partial charge in [-0.2, -0.15) is 4.98 Å². The van der Waals surface area contributed by atoms with Gasteiger partial charge in [-0.1, -0.05) is 19.3 Å². The summed E-state index contributed by atoms with van der Waals surface area (Å²) in [6.45, 7) is 3.62. The summed E-state index contributed by atoms with van der Waals surface area (Å²) < 4.78 is 5.89. The highest BCUT2D eigenvalue weighted by Crippen LogP contribution is 2.31. The average Bonchev–Trinajstić information content (AvgIpc) is 2.80. The molecule has 1 aliphatic carbocycles. The highest BCUT2D eigenvalue weighted by Gasteiger charge is 2.17. The summed E-state index contributed by atoms with van der Waals surface area (Å²) in [5.74, 6) is 2.26. The zero-order chi connectivity index (χ0) is 13.1. The van der Waals surface area contributed by atoms with Crippen LogP contribution in [-0.2, 0) is 0 Å². The molecule has 3 rings (SSSR count). The van der Waals surface area contributed by atoms with Gasteiger partial charge in [-0.15, -0.1) is 11.3 Å². The fraction of sp³-hybridized carbons (Fsp3) is 0.571. The van der Waals surface area contributed by atoms with E-state index in [1.807, 2.05) is 18.4 Å². The van der Waals surface area contributed by atoms with Crippen LogP contribution < -0.4 is 10.1 Å². The van der Waals surface area contributed by atoms with Crippen molar-refractivity contribution in [3.63, 3.8) is 0 Å². The van der Waals surface area contributed by atoms with Crippen LogP contribution >= 0.6 is 11.3 Å². The van der Waals surface area contributed by atoms with Crippen molar-refractivity contribution in [3.05, 3.63) is 11.4 Å². The largest absolute Gasteiger partial charge is 0.477 e. The summed E-state index contributed by atoms with van der Waals surface area (Å²) in [6.07, 6.45) is 5.26. The molecule has 0 aromatic carbocycles. The van der Waals surface area contributed by atoms with Crippen LogP contribution in [0.15, 0.2) is 11.4 Å². The molecule has 2 aromatic rings. The molecular formula is C14H19N3OS. The highest BCUT2D eigenvalue weighted by atomic mass is 32.1. The molecule has 1 fully saturated rings. The SMILES string of the molecule is CCNc1nc(OCCC2CCC2)c2ccsc2n1. The third-order valence-corrected chi connectivity index (χ3v) is 4.42. The molecule has 102 valence electrons. The molecule has 1 aliphatic rings. The zero-order valence-electron chi connectivity index (χ0n) is 11.2. The van der Waals surface area contributed by atoms with Crippen LogP contribution in [0.2, 0.25) is 0 Å². The van der Waals surface area contributed by atoms with Crippen LogP contribution in [0.25, 0.3) is 10.2 Å². The molecule has 0 bridgehead atoms. The number of hydrogen-bond donors (Lipinski definition) is 1. The third kappa shape index (κ3) is 2.81. The summed E-state index contributed by atoms with van der Waals surface area (Å²) >= 11 is 1.63. The lowest BCUT2D eigenvalue weighted by Crippen LogP contribution is -2.15. The Morgan fingerprint density at radius 1 is 1.42 bits per heavy atom. The average molecular weight is 277 g/mol. The Kier molecular flexibility index (Phi) is 3.82. The molecule has 0 aliphatic heterocycles. The first-order valence-electron chi connectivity index (χ1n) is 6.98. The maximum absolute atomic E-state index is 5.89. The number of hydrogen-bond acceptors (Lipinski definition) is 5. The first-order valence-corrected chi connectivity index (χ1v) is 7.86. The fourth-order valence-corrected chi connectivity index (χ4v) is 3.03. The minimum absolute atomic E-state index is 0.663. The molecule has 5 heteroatoms. The molecular weight excluding hydrogens is 258 g/mol. The van der Waals surface area contributed by atoms with E-state index < -0.39 is 0 Å². The number of nitrogens with zero attached hydrogens (tertiary/aromatic N) is 2. The topological polar surface area (TPSA) is 47.0 Å². The number of anilines is 1. The van der Waals surface area contributed by atoms with Crippen molar-refractivity contribution in [1.82, 2.24) is 9.97 Å². The van der Waals surface area contributed by atoms with E-state index >= 15 is 0 Å². The highest BCUT2D eigenvalue weighted by molar-refractivity contribution is 7.16. The molecule has 0 unspecified atom stereocenters. The Bertz CT molecular complexity index is 551. The molecule has 0 radical (unpaired) electrons. The van der Waals surface area contributed by atoms with Crippen molar-refractivity contribution in [3.8, 4) is 5.88 Å². The van der Waals surface area contributed by atoms with Crippen molar-refractivity contribution in [2.45, 2.75) is 32.6 Å². The number of ether oxygens (including phenoxy) is 1. The van der Waals surface area contributed by atoms with Gasteiger partial charge in [0.25, 0.3) is 0 Å². The Balaban J connectivity index is 1.73. The minimum atomic E-state index is 0.663. The van der Waals surface area contributed by atoms with E-state index in [-0.39, 0.29) is 0 Å².